The summed E-state index contributed by atoms with van der Waals surface area (Å²) < 4.78 is 0. The molecular weight excluding hydrogens is 328 g/mol. The second kappa shape index (κ2) is 11.0. The molecule has 7 heteroatoms. The number of aliphatic hydroxyl groups is 2. The van der Waals surface area contributed by atoms with Crippen molar-refractivity contribution in [3.63, 3.8) is 0 Å². The van der Waals surface area contributed by atoms with Crippen LogP contribution in [0.15, 0.2) is 22.7 Å². The molecule has 0 unspecified atom stereocenters. The minimum absolute atomic E-state index is 0. The third kappa shape index (κ3) is 9.76. The first-order chi connectivity index (χ1) is 8.93. The number of carbonyl (C=O) groups excluding carboxylic acids is 4. The normalized spacial score (nSPS) is 8.29. The van der Waals surface area contributed by atoms with Gasteiger partial charge in [-0.1, -0.05) is 0 Å². The molecule has 0 aromatic carbocycles. The van der Waals surface area contributed by atoms with Crippen LogP contribution < -0.4 is 0 Å². The Kier molecular flexibility index (Phi) is 12.7. The van der Waals surface area contributed by atoms with E-state index in [0.29, 0.717) is 0 Å². The Balaban J connectivity index is -0.000000295. The average molecular weight is 348 g/mol. The van der Waals surface area contributed by atoms with E-state index >= 15 is 0 Å². The van der Waals surface area contributed by atoms with E-state index in [1.54, 1.807) is 0 Å². The van der Waals surface area contributed by atoms with E-state index in [2.05, 4.69) is 0 Å². The van der Waals surface area contributed by atoms with Gasteiger partial charge < -0.3 is 10.2 Å². The van der Waals surface area contributed by atoms with E-state index in [-0.39, 0.29) is 39.7 Å². The maximum atomic E-state index is 10.6. The van der Waals surface area contributed by atoms with E-state index in [0.717, 1.165) is 0 Å². The Morgan fingerprint density at radius 2 is 0.667 bits per heavy atom. The number of aliphatic hydroxyl groups excluding tert-OH is 2. The Morgan fingerprint density at radius 3 is 0.667 bits per heavy atom. The third-order valence-corrected chi connectivity index (χ3v) is 2.13. The maximum Gasteiger partial charge on any atom is 0.166 e. The van der Waals surface area contributed by atoms with Crippen LogP contribution >= 0.6 is 0 Å². The van der Waals surface area contributed by atoms with Crippen molar-refractivity contribution in [2.24, 2.45) is 0 Å². The monoisotopic (exact) mass is 347 g/mol. The predicted octanol–water partition coefficient (Wildman–Crippen LogP) is 1.99. The fraction of sp³-hybridized carbons (Fsp3) is 0.429. The minimum atomic E-state index is -0.396. The summed E-state index contributed by atoms with van der Waals surface area (Å²) in [7, 11) is 0. The molecule has 0 saturated heterocycles. The topological polar surface area (TPSA) is 109 Å². The summed E-state index contributed by atoms with van der Waals surface area (Å²) >= 11 is 0. The van der Waals surface area contributed by atoms with Gasteiger partial charge in [0.05, 0.1) is 11.1 Å². The molecule has 123 valence electrons. The van der Waals surface area contributed by atoms with Gasteiger partial charge in [-0.15, -0.1) is 0 Å². The molecule has 0 fully saturated rings. The standard InChI is InChI=1S/2C7H10O3.Cu/c2*1-4(8)7(5(2)9)6(3)10;/h2*8H,1-3H3;. The average Bonchev–Trinajstić information content (AvgIpc) is 2.12. The van der Waals surface area contributed by atoms with Gasteiger partial charge in [0, 0.05) is 17.1 Å². The number of allylic oxidation sites excluding steroid dienone is 4. The summed E-state index contributed by atoms with van der Waals surface area (Å²) in [5, 5.41) is 17.6. The first-order valence-electron chi connectivity index (χ1n) is 5.76. The number of rotatable bonds is 4. The molecule has 0 aromatic rings. The molecule has 0 aliphatic heterocycles. The molecule has 0 aliphatic carbocycles. The van der Waals surface area contributed by atoms with E-state index in [1.807, 2.05) is 0 Å². The largest absolute Gasteiger partial charge is 0.512 e. The molecule has 21 heavy (non-hydrogen) atoms. The summed E-state index contributed by atoms with van der Waals surface area (Å²) in [5.74, 6) is -2.00. The minimum Gasteiger partial charge on any atom is -0.512 e. The molecule has 0 heterocycles. The zero-order chi connectivity index (χ0) is 16.6. The van der Waals surface area contributed by atoms with Crippen molar-refractivity contribution < 1.29 is 46.5 Å². The van der Waals surface area contributed by atoms with Crippen LogP contribution in [0.1, 0.15) is 41.5 Å². The Labute approximate surface area is 134 Å². The van der Waals surface area contributed by atoms with Gasteiger partial charge in [-0.3, -0.25) is 19.2 Å². The van der Waals surface area contributed by atoms with Crippen molar-refractivity contribution in [3.05, 3.63) is 22.7 Å². The molecule has 0 spiro atoms. The van der Waals surface area contributed by atoms with Crippen molar-refractivity contribution in [1.29, 1.82) is 0 Å². The van der Waals surface area contributed by atoms with Gasteiger partial charge in [0.1, 0.15) is 11.5 Å². The quantitative estimate of drug-likeness (QED) is 0.264. The molecule has 2 N–H and O–H groups in total. The van der Waals surface area contributed by atoms with Crippen LogP contribution in [-0.2, 0) is 36.2 Å². The SMILES string of the molecule is CC(=O)C(C(C)=O)=C(C)O.CC(=O)C(C(C)=O)=C(C)O.[Cu]. The number of hydrogen-bond acceptors (Lipinski definition) is 6. The zero-order valence-corrected chi connectivity index (χ0v) is 13.8. The molecule has 0 saturated carbocycles. The smallest absolute Gasteiger partial charge is 0.166 e. The molecule has 0 rings (SSSR count). The zero-order valence-electron chi connectivity index (χ0n) is 12.8. The van der Waals surface area contributed by atoms with Crippen LogP contribution in [0.5, 0.6) is 0 Å². The predicted molar refractivity (Wildman–Crippen MR) is 73.4 cm³/mol. The van der Waals surface area contributed by atoms with Crippen molar-refractivity contribution in [3.8, 4) is 0 Å². The first kappa shape index (κ1) is 24.3. The van der Waals surface area contributed by atoms with Crippen molar-refractivity contribution in [2.75, 3.05) is 0 Å². The molecular formula is C14H20CuO6. The summed E-state index contributed by atoms with van der Waals surface area (Å²) in [5.41, 5.74) is -0.222. The second-order valence-electron chi connectivity index (χ2n) is 4.15. The van der Waals surface area contributed by atoms with Gasteiger partial charge in [0.15, 0.2) is 23.1 Å². The van der Waals surface area contributed by atoms with E-state index in [9.17, 15) is 19.2 Å². The Hall–Kier alpha value is -1.72. The van der Waals surface area contributed by atoms with Crippen LogP contribution in [0.2, 0.25) is 0 Å². The number of hydrogen-bond donors (Lipinski definition) is 2. The second-order valence-corrected chi connectivity index (χ2v) is 4.15. The maximum absolute atomic E-state index is 10.6. The van der Waals surface area contributed by atoms with Crippen molar-refractivity contribution in [1.82, 2.24) is 0 Å². The van der Waals surface area contributed by atoms with Crippen molar-refractivity contribution >= 4 is 23.1 Å². The molecule has 1 radical (unpaired) electrons. The van der Waals surface area contributed by atoms with Crippen LogP contribution in [-0.4, -0.2) is 33.3 Å². The van der Waals surface area contributed by atoms with E-state index in [4.69, 9.17) is 10.2 Å². The number of carbonyl (C=O) groups is 4. The molecule has 0 amide bonds. The van der Waals surface area contributed by atoms with E-state index in [1.165, 1.54) is 41.5 Å². The summed E-state index contributed by atoms with van der Waals surface area (Å²) in [4.78, 5) is 42.4. The van der Waals surface area contributed by atoms with Gasteiger partial charge in [-0.2, -0.15) is 0 Å². The summed E-state index contributed by atoms with van der Waals surface area (Å²) in [6.45, 7) is 7.62. The summed E-state index contributed by atoms with van der Waals surface area (Å²) in [6.07, 6.45) is 0. The third-order valence-electron chi connectivity index (χ3n) is 2.13. The van der Waals surface area contributed by atoms with E-state index < -0.39 is 23.1 Å². The molecule has 6 nitrogen and oxygen atoms in total. The Morgan fingerprint density at radius 1 is 0.524 bits per heavy atom. The molecule has 0 aliphatic rings. The van der Waals surface area contributed by atoms with Gasteiger partial charge >= 0.3 is 0 Å². The fourth-order valence-corrected chi connectivity index (χ4v) is 1.51. The fourth-order valence-electron chi connectivity index (χ4n) is 1.51. The number of Topliss-reactive ketones (excluding diaryl/α,β-unsaturated/α-hetero) is 4. The first-order valence-corrected chi connectivity index (χ1v) is 5.76. The number of ketones is 4. The van der Waals surface area contributed by atoms with Crippen LogP contribution in [0.3, 0.4) is 0 Å². The van der Waals surface area contributed by atoms with Gasteiger partial charge in [-0.25, -0.2) is 0 Å². The molecule has 0 aromatic heterocycles. The molecule has 0 atom stereocenters. The van der Waals surface area contributed by atoms with Gasteiger partial charge in [0.2, 0.25) is 0 Å². The van der Waals surface area contributed by atoms with Crippen LogP contribution in [0.25, 0.3) is 0 Å². The van der Waals surface area contributed by atoms with Gasteiger partial charge in [-0.05, 0) is 41.5 Å². The molecule has 0 bridgehead atoms. The van der Waals surface area contributed by atoms with Crippen LogP contribution in [0, 0.1) is 0 Å². The Bertz CT molecular complexity index is 414. The van der Waals surface area contributed by atoms with Crippen molar-refractivity contribution in [2.45, 2.75) is 41.5 Å². The summed E-state index contributed by atoms with van der Waals surface area (Å²) in [6, 6.07) is 0. The van der Waals surface area contributed by atoms with Gasteiger partial charge in [0.25, 0.3) is 0 Å². The van der Waals surface area contributed by atoms with Crippen LogP contribution in [0.4, 0.5) is 0 Å².